The zero-order valence-electron chi connectivity index (χ0n) is 9.83. The molecule has 1 heterocycles. The molecule has 0 unspecified atom stereocenters. The molecule has 0 radical (unpaired) electrons. The second-order valence-corrected chi connectivity index (χ2v) is 6.58. The lowest BCUT2D eigenvalue weighted by atomic mass is 9.70. The fourth-order valence-corrected chi connectivity index (χ4v) is 3.97. The van der Waals surface area contributed by atoms with E-state index in [1.807, 2.05) is 11.3 Å². The van der Waals surface area contributed by atoms with Crippen LogP contribution in [-0.4, -0.2) is 16.7 Å². The molecule has 3 rings (SSSR count). The molecule has 0 aromatic carbocycles. The molecule has 88 valence electrons. The zero-order valence-corrected chi connectivity index (χ0v) is 10.6. The molecular weight excluding hydrogens is 218 g/mol. The maximum absolute atomic E-state index is 9.57. The molecule has 0 saturated heterocycles. The number of hydrogen-bond acceptors (Lipinski definition) is 3. The van der Waals surface area contributed by atoms with E-state index in [2.05, 4.69) is 6.92 Å². The van der Waals surface area contributed by atoms with Crippen LogP contribution in [0, 0.1) is 6.92 Å². The van der Waals surface area contributed by atoms with Gasteiger partial charge in [0.2, 0.25) is 0 Å². The third-order valence-corrected chi connectivity index (χ3v) is 5.62. The SMILES string of the molecule is Cc1sc(C2(CO)CCC2)nc1C1CCC1. The highest BCUT2D eigenvalue weighted by Gasteiger charge is 2.41. The van der Waals surface area contributed by atoms with Crippen molar-refractivity contribution in [3.63, 3.8) is 0 Å². The largest absolute Gasteiger partial charge is 0.395 e. The molecule has 2 aliphatic rings. The summed E-state index contributed by atoms with van der Waals surface area (Å²) in [6.45, 7) is 2.47. The van der Waals surface area contributed by atoms with Gasteiger partial charge in [-0.15, -0.1) is 11.3 Å². The van der Waals surface area contributed by atoms with Gasteiger partial charge in [0.05, 0.1) is 12.3 Å². The van der Waals surface area contributed by atoms with Crippen molar-refractivity contribution in [3.8, 4) is 0 Å². The summed E-state index contributed by atoms with van der Waals surface area (Å²) in [4.78, 5) is 6.24. The molecule has 0 aliphatic heterocycles. The third-order valence-electron chi connectivity index (χ3n) is 4.39. The van der Waals surface area contributed by atoms with Gasteiger partial charge in [0.1, 0.15) is 5.01 Å². The average Bonchev–Trinajstić information content (AvgIpc) is 2.45. The molecule has 16 heavy (non-hydrogen) atoms. The first-order valence-electron chi connectivity index (χ1n) is 6.34. The van der Waals surface area contributed by atoms with Crippen molar-refractivity contribution < 1.29 is 5.11 Å². The molecule has 0 atom stereocenters. The summed E-state index contributed by atoms with van der Waals surface area (Å²) in [5, 5.41) is 10.8. The van der Waals surface area contributed by atoms with E-state index in [0.29, 0.717) is 0 Å². The minimum absolute atomic E-state index is 0.0391. The first-order valence-corrected chi connectivity index (χ1v) is 7.15. The second kappa shape index (κ2) is 3.81. The normalized spacial score (nSPS) is 23.9. The first-order chi connectivity index (χ1) is 7.75. The number of aliphatic hydroxyl groups excluding tert-OH is 1. The Morgan fingerprint density at radius 2 is 2.12 bits per heavy atom. The predicted molar refractivity (Wildman–Crippen MR) is 66.1 cm³/mol. The van der Waals surface area contributed by atoms with Crippen molar-refractivity contribution in [2.45, 2.75) is 56.8 Å². The van der Waals surface area contributed by atoms with Gasteiger partial charge in [0.15, 0.2) is 0 Å². The Labute approximate surface area is 101 Å². The van der Waals surface area contributed by atoms with E-state index < -0.39 is 0 Å². The highest BCUT2D eigenvalue weighted by atomic mass is 32.1. The average molecular weight is 237 g/mol. The molecule has 2 aliphatic carbocycles. The molecule has 3 heteroatoms. The van der Waals surface area contributed by atoms with Crippen LogP contribution in [0.1, 0.15) is 60.0 Å². The monoisotopic (exact) mass is 237 g/mol. The van der Waals surface area contributed by atoms with Crippen LogP contribution >= 0.6 is 11.3 Å². The summed E-state index contributed by atoms with van der Waals surface area (Å²) < 4.78 is 0. The number of aryl methyl sites for hydroxylation is 1. The van der Waals surface area contributed by atoms with Crippen molar-refractivity contribution >= 4 is 11.3 Å². The van der Waals surface area contributed by atoms with Crippen molar-refractivity contribution in [2.24, 2.45) is 0 Å². The molecule has 1 N–H and O–H groups in total. The Morgan fingerprint density at radius 1 is 1.38 bits per heavy atom. The predicted octanol–water partition coefficient (Wildman–Crippen LogP) is 3.13. The van der Waals surface area contributed by atoms with E-state index in [4.69, 9.17) is 4.98 Å². The number of nitrogens with zero attached hydrogens (tertiary/aromatic N) is 1. The van der Waals surface area contributed by atoms with Gasteiger partial charge in [-0.3, -0.25) is 0 Å². The number of aromatic nitrogens is 1. The van der Waals surface area contributed by atoms with Gasteiger partial charge in [0, 0.05) is 16.2 Å². The molecule has 0 amide bonds. The molecular formula is C13H19NOS. The van der Waals surface area contributed by atoms with Gasteiger partial charge < -0.3 is 5.11 Å². The lowest BCUT2D eigenvalue weighted by Crippen LogP contribution is -2.37. The maximum atomic E-state index is 9.57. The third kappa shape index (κ3) is 1.45. The van der Waals surface area contributed by atoms with Crippen LogP contribution in [0.2, 0.25) is 0 Å². The Kier molecular flexibility index (Phi) is 2.55. The van der Waals surface area contributed by atoms with Crippen molar-refractivity contribution in [3.05, 3.63) is 15.6 Å². The van der Waals surface area contributed by atoms with E-state index in [1.54, 1.807) is 0 Å². The number of rotatable bonds is 3. The van der Waals surface area contributed by atoms with Gasteiger partial charge >= 0.3 is 0 Å². The summed E-state index contributed by atoms with van der Waals surface area (Å²) in [7, 11) is 0. The van der Waals surface area contributed by atoms with Crippen LogP contribution in [0.15, 0.2) is 0 Å². The van der Waals surface area contributed by atoms with Crippen molar-refractivity contribution in [1.29, 1.82) is 0 Å². The van der Waals surface area contributed by atoms with Crippen molar-refractivity contribution in [1.82, 2.24) is 4.98 Å². The van der Waals surface area contributed by atoms with Gasteiger partial charge in [0.25, 0.3) is 0 Å². The highest BCUT2D eigenvalue weighted by molar-refractivity contribution is 7.11. The summed E-state index contributed by atoms with van der Waals surface area (Å²) in [6.07, 6.45) is 7.49. The van der Waals surface area contributed by atoms with E-state index >= 15 is 0 Å². The van der Waals surface area contributed by atoms with E-state index in [1.165, 1.54) is 41.3 Å². The highest BCUT2D eigenvalue weighted by Crippen LogP contribution is 2.47. The number of hydrogen-bond donors (Lipinski definition) is 1. The molecule has 1 aromatic heterocycles. The molecule has 2 fully saturated rings. The Bertz CT molecular complexity index is 385. The standard InChI is InChI=1S/C13H19NOS/c1-9-11(10-4-2-5-10)14-12(16-9)13(8-15)6-3-7-13/h10,15H,2-8H2,1H3. The summed E-state index contributed by atoms with van der Waals surface area (Å²) in [5.41, 5.74) is 1.38. The minimum Gasteiger partial charge on any atom is -0.395 e. The Balaban J connectivity index is 1.90. The summed E-state index contributed by atoms with van der Waals surface area (Å²) in [5.74, 6) is 0.723. The molecule has 2 saturated carbocycles. The second-order valence-electron chi connectivity index (χ2n) is 5.38. The molecule has 1 aromatic rings. The smallest absolute Gasteiger partial charge is 0.102 e. The quantitative estimate of drug-likeness (QED) is 0.876. The molecule has 0 spiro atoms. The number of aliphatic hydroxyl groups is 1. The Morgan fingerprint density at radius 3 is 2.56 bits per heavy atom. The van der Waals surface area contributed by atoms with Crippen LogP contribution in [0.4, 0.5) is 0 Å². The van der Waals surface area contributed by atoms with E-state index in [0.717, 1.165) is 18.8 Å². The maximum Gasteiger partial charge on any atom is 0.102 e. The van der Waals surface area contributed by atoms with E-state index in [9.17, 15) is 5.11 Å². The summed E-state index contributed by atoms with van der Waals surface area (Å²) >= 11 is 1.83. The van der Waals surface area contributed by atoms with Gasteiger partial charge in [-0.25, -0.2) is 4.98 Å². The fourth-order valence-electron chi connectivity index (χ4n) is 2.74. The minimum atomic E-state index is 0.0391. The van der Waals surface area contributed by atoms with E-state index in [-0.39, 0.29) is 12.0 Å². The van der Waals surface area contributed by atoms with Gasteiger partial charge in [-0.1, -0.05) is 12.8 Å². The lowest BCUT2D eigenvalue weighted by Gasteiger charge is -2.38. The number of thiazole rings is 1. The lowest BCUT2D eigenvalue weighted by molar-refractivity contribution is 0.119. The van der Waals surface area contributed by atoms with Crippen LogP contribution < -0.4 is 0 Å². The van der Waals surface area contributed by atoms with Gasteiger partial charge in [-0.2, -0.15) is 0 Å². The van der Waals surface area contributed by atoms with Crippen LogP contribution in [0.25, 0.3) is 0 Å². The Hall–Kier alpha value is -0.410. The topological polar surface area (TPSA) is 33.1 Å². The van der Waals surface area contributed by atoms with Crippen LogP contribution in [0.5, 0.6) is 0 Å². The van der Waals surface area contributed by atoms with Gasteiger partial charge in [-0.05, 0) is 32.6 Å². The van der Waals surface area contributed by atoms with Crippen LogP contribution in [-0.2, 0) is 5.41 Å². The zero-order chi connectivity index (χ0) is 11.2. The van der Waals surface area contributed by atoms with Crippen molar-refractivity contribution in [2.75, 3.05) is 6.61 Å². The first kappa shape index (κ1) is 10.7. The summed E-state index contributed by atoms with van der Waals surface area (Å²) in [6, 6.07) is 0. The van der Waals surface area contributed by atoms with Crippen LogP contribution in [0.3, 0.4) is 0 Å². The molecule has 0 bridgehead atoms. The molecule has 2 nitrogen and oxygen atoms in total. The fraction of sp³-hybridized carbons (Fsp3) is 0.769.